The summed E-state index contributed by atoms with van der Waals surface area (Å²) in [4.78, 5) is 9.31. The third-order valence-electron chi connectivity index (χ3n) is 9.25. The summed E-state index contributed by atoms with van der Waals surface area (Å²) in [6, 6.07) is 39.6. The predicted molar refractivity (Wildman–Crippen MR) is 187 cm³/mol. The summed E-state index contributed by atoms with van der Waals surface area (Å²) in [5.41, 5.74) is 9.83. The van der Waals surface area contributed by atoms with Crippen LogP contribution in [0.4, 0.5) is 5.69 Å². The molecule has 0 fully saturated rings. The zero-order chi connectivity index (χ0) is 32.3. The second-order valence-corrected chi connectivity index (χ2v) is 14.6. The van der Waals surface area contributed by atoms with E-state index in [-0.39, 0.29) is 31.3 Å². The number of hydrogen-bond donors (Lipinski definition) is 0. The van der Waals surface area contributed by atoms with Gasteiger partial charge in [0.2, 0.25) is 0 Å². The molecule has 0 N–H and O–H groups in total. The molecule has 4 aromatic carbocycles. The normalized spacial score (nSPS) is 14.9. The van der Waals surface area contributed by atoms with Gasteiger partial charge >= 0.3 is 20.4 Å². The van der Waals surface area contributed by atoms with Crippen LogP contribution < -0.4 is 9.64 Å². The van der Waals surface area contributed by atoms with Crippen LogP contribution >= 0.6 is 0 Å². The Morgan fingerprint density at radius 1 is 0.702 bits per heavy atom. The van der Waals surface area contributed by atoms with Gasteiger partial charge in [0.05, 0.1) is 17.8 Å². The molecule has 7 rings (SSSR count). The fourth-order valence-corrected chi connectivity index (χ4v) is 6.75. The molecule has 4 nitrogen and oxygen atoms in total. The van der Waals surface area contributed by atoms with Crippen LogP contribution in [0.25, 0.3) is 11.1 Å². The van der Waals surface area contributed by atoms with Crippen LogP contribution in [0.3, 0.4) is 0 Å². The van der Waals surface area contributed by atoms with Crippen molar-refractivity contribution >= 4 is 5.69 Å². The second-order valence-electron chi connectivity index (χ2n) is 14.6. The average molecular weight is 710 g/mol. The third-order valence-corrected chi connectivity index (χ3v) is 9.25. The molecule has 2 heterocycles. The van der Waals surface area contributed by atoms with Crippen molar-refractivity contribution in [2.24, 2.45) is 0 Å². The third kappa shape index (κ3) is 5.82. The predicted octanol–water partition coefficient (Wildman–Crippen LogP) is 9.61. The number of aromatic nitrogens is 1. The Balaban J connectivity index is 0.00000386. The molecule has 0 unspecified atom stereocenters. The van der Waals surface area contributed by atoms with Crippen molar-refractivity contribution in [1.82, 2.24) is 9.88 Å². The van der Waals surface area contributed by atoms with Gasteiger partial charge in [0, 0.05) is 37.1 Å². The maximum Gasteiger partial charge on any atom is 2.00 e. The summed E-state index contributed by atoms with van der Waals surface area (Å²) in [6.07, 6.45) is 6.01. The van der Waals surface area contributed by atoms with Gasteiger partial charge in [0.15, 0.2) is 0 Å². The first-order valence-electron chi connectivity index (χ1n) is 16.0. The minimum atomic E-state index is -0.672. The molecular weight excluding hydrogens is 669 g/mol. The van der Waals surface area contributed by atoms with Crippen molar-refractivity contribution in [3.8, 4) is 22.6 Å². The fraction of sp³-hybridized carbons (Fsp3) is 0.262. The molecule has 0 bridgehead atoms. The molecule has 1 aliphatic heterocycles. The summed E-state index contributed by atoms with van der Waals surface area (Å²) >= 11 is 0. The fourth-order valence-electron chi connectivity index (χ4n) is 6.75. The first kappa shape index (κ1) is 32.8. The van der Waals surface area contributed by atoms with E-state index in [0.29, 0.717) is 11.5 Å². The summed E-state index contributed by atoms with van der Waals surface area (Å²) in [5, 5.41) is 0. The summed E-state index contributed by atoms with van der Waals surface area (Å²) in [6.45, 7) is 14.5. The SMILES string of the molecule is CN1C=CN(c2[c-]c(Oc3[c-]c(C4(c5ccccn5)c5ccc(C(C)(C)C)cc5-c5cc(C(C)(C)C)ccc54)ccc3)ccc2)C1.[Pd+2]. The standard InChI is InChI=1S/C42H41N3O.Pd/c1-40(2,3)29-17-19-37-35(25-29)36-26-30(41(4,5)6)18-20-38(36)42(37,39-16-8-9-21-43-39)31-12-10-14-33(24-31)46-34-15-11-13-32(27-34)45-23-22-44(7)28-45;/h8-23,25-26H,28H2,1-7H3;/q-2;+2. The zero-order valence-electron chi connectivity index (χ0n) is 28.2. The first-order valence-corrected chi connectivity index (χ1v) is 16.0. The average Bonchev–Trinajstić information content (AvgIpc) is 3.60. The van der Waals surface area contributed by atoms with Gasteiger partial charge in [0.1, 0.15) is 0 Å². The van der Waals surface area contributed by atoms with Crippen LogP contribution in [0, 0.1) is 12.1 Å². The molecule has 0 saturated heterocycles. The van der Waals surface area contributed by atoms with Gasteiger partial charge in [-0.3, -0.25) is 4.98 Å². The second kappa shape index (κ2) is 12.1. The van der Waals surface area contributed by atoms with Gasteiger partial charge in [-0.25, -0.2) is 0 Å². The molecule has 0 amide bonds. The Morgan fingerprint density at radius 3 is 1.87 bits per heavy atom. The molecule has 5 heteroatoms. The van der Waals surface area contributed by atoms with Crippen molar-refractivity contribution in [2.45, 2.75) is 57.8 Å². The molecule has 240 valence electrons. The maximum absolute atomic E-state index is 6.49. The van der Waals surface area contributed by atoms with Gasteiger partial charge in [-0.05, 0) is 56.3 Å². The topological polar surface area (TPSA) is 28.6 Å². The largest absolute Gasteiger partial charge is 2.00 e. The molecule has 0 atom stereocenters. The van der Waals surface area contributed by atoms with Gasteiger partial charge in [-0.2, -0.15) is 18.2 Å². The van der Waals surface area contributed by atoms with E-state index in [4.69, 9.17) is 9.72 Å². The molecule has 1 aliphatic carbocycles. The van der Waals surface area contributed by atoms with Crippen LogP contribution in [0.1, 0.15) is 75.1 Å². The summed E-state index contributed by atoms with van der Waals surface area (Å²) in [7, 11) is 2.06. The van der Waals surface area contributed by atoms with Crippen LogP contribution in [0.2, 0.25) is 0 Å². The molecule has 0 saturated carbocycles. The molecule has 47 heavy (non-hydrogen) atoms. The molecule has 5 aromatic rings. The zero-order valence-corrected chi connectivity index (χ0v) is 29.7. The number of benzene rings is 4. The summed E-state index contributed by atoms with van der Waals surface area (Å²) in [5.74, 6) is 1.29. The molecule has 2 aliphatic rings. The van der Waals surface area contributed by atoms with Crippen molar-refractivity contribution in [1.29, 1.82) is 0 Å². The number of hydrogen-bond acceptors (Lipinski definition) is 4. The maximum atomic E-state index is 6.49. The van der Waals surface area contributed by atoms with Crippen molar-refractivity contribution in [2.75, 3.05) is 18.6 Å². The van der Waals surface area contributed by atoms with E-state index in [0.717, 1.165) is 23.6 Å². The van der Waals surface area contributed by atoms with Crippen molar-refractivity contribution in [3.63, 3.8) is 0 Å². The van der Waals surface area contributed by atoms with Gasteiger partial charge < -0.3 is 14.5 Å². The van der Waals surface area contributed by atoms with E-state index < -0.39 is 5.41 Å². The molecular formula is C42H41N3OPd. The van der Waals surface area contributed by atoms with E-state index in [1.165, 1.54) is 33.4 Å². The Labute approximate surface area is 293 Å². The quantitative estimate of drug-likeness (QED) is 0.132. The van der Waals surface area contributed by atoms with Crippen LogP contribution in [0.15, 0.2) is 110 Å². The Hall–Kier alpha value is -4.17. The van der Waals surface area contributed by atoms with Crippen LogP contribution in [-0.2, 0) is 36.7 Å². The smallest absolute Gasteiger partial charge is 0.509 e. The Morgan fingerprint density at radius 2 is 1.32 bits per heavy atom. The van der Waals surface area contributed by atoms with Gasteiger partial charge in [0.25, 0.3) is 0 Å². The van der Waals surface area contributed by atoms with Crippen molar-refractivity contribution < 1.29 is 25.2 Å². The van der Waals surface area contributed by atoms with Crippen LogP contribution in [-0.4, -0.2) is 23.6 Å². The van der Waals surface area contributed by atoms with E-state index in [1.54, 1.807) is 0 Å². The first-order chi connectivity index (χ1) is 21.9. The molecule has 1 aromatic heterocycles. The number of anilines is 1. The Bertz CT molecular complexity index is 1890. The van der Waals surface area contributed by atoms with Gasteiger partial charge in [-0.1, -0.05) is 89.7 Å². The van der Waals surface area contributed by atoms with Crippen LogP contribution in [0.5, 0.6) is 11.5 Å². The van der Waals surface area contributed by atoms with E-state index in [1.807, 2.05) is 30.5 Å². The monoisotopic (exact) mass is 709 g/mol. The van der Waals surface area contributed by atoms with E-state index in [9.17, 15) is 0 Å². The number of rotatable bonds is 5. The summed E-state index contributed by atoms with van der Waals surface area (Å²) < 4.78 is 6.49. The van der Waals surface area contributed by atoms with Crippen molar-refractivity contribution in [3.05, 3.63) is 155 Å². The molecule has 0 spiro atoms. The van der Waals surface area contributed by atoms with E-state index >= 15 is 0 Å². The minimum Gasteiger partial charge on any atom is -0.509 e. The van der Waals surface area contributed by atoms with E-state index in [2.05, 4.69) is 150 Å². The minimum absolute atomic E-state index is 0. The number of pyridine rings is 1. The van der Waals surface area contributed by atoms with Gasteiger partial charge in [-0.15, -0.1) is 35.9 Å². The number of fused-ring (bicyclic) bond motifs is 3. The Kier molecular flexibility index (Phi) is 8.45. The number of ether oxygens (including phenoxy) is 1. The molecule has 0 radical (unpaired) electrons. The number of nitrogens with zero attached hydrogens (tertiary/aromatic N) is 3.